The van der Waals surface area contributed by atoms with Crippen LogP contribution in [-0.4, -0.2) is 42.5 Å². The van der Waals surface area contributed by atoms with Crippen LogP contribution in [0.15, 0.2) is 36.5 Å². The number of rotatable bonds is 6. The van der Waals surface area contributed by atoms with Gasteiger partial charge in [-0.1, -0.05) is 37.3 Å². The van der Waals surface area contributed by atoms with Crippen LogP contribution >= 0.6 is 23.7 Å². The first kappa shape index (κ1) is 20.8. The van der Waals surface area contributed by atoms with Gasteiger partial charge in [0.2, 0.25) is 5.91 Å². The highest BCUT2D eigenvalue weighted by molar-refractivity contribution is 7.15. The molecule has 0 bridgehead atoms. The Morgan fingerprint density at radius 1 is 1.35 bits per heavy atom. The molecule has 1 atom stereocenters. The Morgan fingerprint density at radius 3 is 2.69 bits per heavy atom. The number of piperidine rings is 1. The molecule has 1 aromatic carbocycles. The molecule has 0 saturated carbocycles. The molecule has 1 aromatic heterocycles. The number of carbonyl (C=O) groups is 1. The Hall–Kier alpha value is -1.47. The van der Waals surface area contributed by atoms with E-state index in [4.69, 9.17) is 0 Å². The maximum atomic E-state index is 12.9. The molecule has 0 spiro atoms. The average Bonchev–Trinajstić information content (AvgIpc) is 3.12. The summed E-state index contributed by atoms with van der Waals surface area (Å²) in [6.07, 6.45) is 4.21. The minimum atomic E-state index is -0.308. The van der Waals surface area contributed by atoms with E-state index in [9.17, 15) is 4.79 Å². The smallest absolute Gasteiger partial charge is 0.248 e. The van der Waals surface area contributed by atoms with E-state index in [0.717, 1.165) is 38.0 Å². The highest BCUT2D eigenvalue weighted by Gasteiger charge is 2.25. The molecule has 142 valence electrons. The normalized spacial score (nSPS) is 16.1. The molecule has 1 fully saturated rings. The van der Waals surface area contributed by atoms with Gasteiger partial charge in [-0.15, -0.1) is 23.7 Å². The lowest BCUT2D eigenvalue weighted by atomic mass is 9.97. The number of anilines is 1. The summed E-state index contributed by atoms with van der Waals surface area (Å²) in [5, 5.41) is 7.11. The number of amides is 1. The molecule has 7 heteroatoms. The molecule has 1 amide bonds. The molecule has 1 aliphatic rings. The summed E-state index contributed by atoms with van der Waals surface area (Å²) in [5.41, 5.74) is 1.000. The van der Waals surface area contributed by atoms with Crippen LogP contribution in [0.1, 0.15) is 42.2 Å². The highest BCUT2D eigenvalue weighted by Crippen LogP contribution is 2.32. The zero-order chi connectivity index (χ0) is 17.6. The van der Waals surface area contributed by atoms with E-state index in [2.05, 4.69) is 22.5 Å². The molecule has 1 unspecified atom stereocenters. The number of carbonyl (C=O) groups excluding carboxylic acids is 1. The maximum absolute atomic E-state index is 12.9. The number of nitrogens with one attached hydrogen (secondary N) is 2. The number of benzene rings is 1. The third-order valence-electron chi connectivity index (χ3n) is 4.80. The molecule has 2 heterocycles. The molecule has 3 rings (SSSR count). The second kappa shape index (κ2) is 10.0. The van der Waals surface area contributed by atoms with E-state index in [1.807, 2.05) is 48.5 Å². The first-order valence-corrected chi connectivity index (χ1v) is 9.73. The first-order valence-electron chi connectivity index (χ1n) is 8.91. The lowest BCUT2D eigenvalue weighted by Crippen LogP contribution is -2.34. The van der Waals surface area contributed by atoms with Gasteiger partial charge in [0.05, 0.1) is 0 Å². The number of halogens is 1. The van der Waals surface area contributed by atoms with Gasteiger partial charge in [-0.05, 0) is 51.0 Å². The summed E-state index contributed by atoms with van der Waals surface area (Å²) in [6, 6.07) is 9.60. The van der Waals surface area contributed by atoms with Crippen LogP contribution in [0.4, 0.5) is 5.13 Å². The molecule has 1 aliphatic heterocycles. The molecular formula is C19H27ClN4OS. The van der Waals surface area contributed by atoms with Gasteiger partial charge in [-0.3, -0.25) is 9.69 Å². The van der Waals surface area contributed by atoms with Crippen molar-refractivity contribution in [1.82, 2.24) is 15.2 Å². The summed E-state index contributed by atoms with van der Waals surface area (Å²) in [6.45, 7) is 4.97. The van der Waals surface area contributed by atoms with Crippen LogP contribution in [0.5, 0.6) is 0 Å². The van der Waals surface area contributed by atoms with Crippen molar-refractivity contribution in [3.63, 3.8) is 0 Å². The van der Waals surface area contributed by atoms with Crippen LogP contribution < -0.4 is 10.6 Å². The van der Waals surface area contributed by atoms with E-state index in [-0.39, 0.29) is 24.4 Å². The van der Waals surface area contributed by atoms with Crippen LogP contribution in [0.3, 0.4) is 0 Å². The SMILES string of the molecule is CCN(C)C(C(=O)Nc1ncc(C2CCNCC2)s1)c1ccccc1.Cl. The fourth-order valence-electron chi connectivity index (χ4n) is 3.24. The summed E-state index contributed by atoms with van der Waals surface area (Å²) < 4.78 is 0. The van der Waals surface area contributed by atoms with Crippen molar-refractivity contribution >= 4 is 34.8 Å². The number of nitrogens with zero attached hydrogens (tertiary/aromatic N) is 2. The van der Waals surface area contributed by atoms with Gasteiger partial charge in [-0.25, -0.2) is 4.98 Å². The minimum Gasteiger partial charge on any atom is -0.317 e. The fraction of sp³-hybridized carbons (Fsp3) is 0.474. The molecule has 2 N–H and O–H groups in total. The Labute approximate surface area is 165 Å². The second-order valence-corrected chi connectivity index (χ2v) is 7.53. The first-order chi connectivity index (χ1) is 12.2. The fourth-order valence-corrected chi connectivity index (χ4v) is 4.23. The summed E-state index contributed by atoms with van der Waals surface area (Å²) in [4.78, 5) is 20.7. The lowest BCUT2D eigenvalue weighted by Gasteiger charge is -2.25. The summed E-state index contributed by atoms with van der Waals surface area (Å²) in [5.74, 6) is 0.536. The summed E-state index contributed by atoms with van der Waals surface area (Å²) >= 11 is 1.61. The van der Waals surface area contributed by atoms with Crippen LogP contribution in [0, 0.1) is 0 Å². The van der Waals surface area contributed by atoms with Crippen molar-refractivity contribution in [2.45, 2.75) is 31.7 Å². The standard InChI is InChI=1S/C19H26N4OS.ClH/c1-3-23(2)17(15-7-5-4-6-8-15)18(24)22-19-21-13-16(25-19)14-9-11-20-12-10-14;/h4-8,13-14,17,20H,3,9-12H2,1-2H3,(H,21,22,24);1H. The third-order valence-corrected chi connectivity index (χ3v) is 5.87. The van der Waals surface area contributed by atoms with Gasteiger partial charge in [-0.2, -0.15) is 0 Å². The number of aromatic nitrogens is 1. The molecule has 1 saturated heterocycles. The molecule has 0 radical (unpaired) electrons. The van der Waals surface area contributed by atoms with Gasteiger partial charge in [0, 0.05) is 11.1 Å². The Balaban J connectivity index is 0.00000243. The number of hydrogen-bond acceptors (Lipinski definition) is 5. The summed E-state index contributed by atoms with van der Waals surface area (Å²) in [7, 11) is 1.97. The van der Waals surface area contributed by atoms with Crippen LogP contribution in [0.2, 0.25) is 0 Å². The molecular weight excluding hydrogens is 368 g/mol. The maximum Gasteiger partial charge on any atom is 0.248 e. The van der Waals surface area contributed by atoms with E-state index >= 15 is 0 Å². The zero-order valence-corrected chi connectivity index (χ0v) is 16.9. The monoisotopic (exact) mass is 394 g/mol. The van der Waals surface area contributed by atoms with Crippen molar-refractivity contribution in [1.29, 1.82) is 0 Å². The molecule has 2 aromatic rings. The van der Waals surface area contributed by atoms with Crippen LogP contribution in [-0.2, 0) is 4.79 Å². The second-order valence-electron chi connectivity index (χ2n) is 6.47. The Morgan fingerprint density at radius 2 is 2.04 bits per heavy atom. The van der Waals surface area contributed by atoms with Crippen molar-refractivity contribution in [3.8, 4) is 0 Å². The predicted molar refractivity (Wildman–Crippen MR) is 110 cm³/mol. The number of thiazole rings is 1. The third kappa shape index (κ3) is 5.04. The zero-order valence-electron chi connectivity index (χ0n) is 15.3. The van der Waals surface area contributed by atoms with Gasteiger partial charge in [0.25, 0.3) is 0 Å². The minimum absolute atomic E-state index is 0. The number of hydrogen-bond donors (Lipinski definition) is 2. The van der Waals surface area contributed by atoms with E-state index in [1.165, 1.54) is 4.88 Å². The quantitative estimate of drug-likeness (QED) is 0.784. The van der Waals surface area contributed by atoms with E-state index in [0.29, 0.717) is 11.0 Å². The molecule has 5 nitrogen and oxygen atoms in total. The van der Waals surface area contributed by atoms with Crippen molar-refractivity contribution in [2.24, 2.45) is 0 Å². The topological polar surface area (TPSA) is 57.3 Å². The lowest BCUT2D eigenvalue weighted by molar-refractivity contribution is -0.121. The van der Waals surface area contributed by atoms with Crippen LogP contribution in [0.25, 0.3) is 0 Å². The largest absolute Gasteiger partial charge is 0.317 e. The van der Waals surface area contributed by atoms with Gasteiger partial charge in [0.15, 0.2) is 5.13 Å². The average molecular weight is 395 g/mol. The molecule has 0 aliphatic carbocycles. The molecule has 26 heavy (non-hydrogen) atoms. The van der Waals surface area contributed by atoms with Crippen molar-refractivity contribution < 1.29 is 4.79 Å². The van der Waals surface area contributed by atoms with Crippen molar-refractivity contribution in [3.05, 3.63) is 47.0 Å². The highest BCUT2D eigenvalue weighted by atomic mass is 35.5. The predicted octanol–water partition coefficient (Wildman–Crippen LogP) is 3.66. The van der Waals surface area contributed by atoms with Gasteiger partial charge in [0.1, 0.15) is 6.04 Å². The van der Waals surface area contributed by atoms with E-state index < -0.39 is 0 Å². The van der Waals surface area contributed by atoms with E-state index in [1.54, 1.807) is 11.3 Å². The van der Waals surface area contributed by atoms with Gasteiger partial charge < -0.3 is 10.6 Å². The Kier molecular flexibility index (Phi) is 8.03. The van der Waals surface area contributed by atoms with Gasteiger partial charge >= 0.3 is 0 Å². The Bertz CT molecular complexity index is 688. The van der Waals surface area contributed by atoms with Crippen molar-refractivity contribution in [2.75, 3.05) is 32.0 Å². The number of likely N-dealkylation sites (N-methyl/N-ethyl adjacent to an activating group) is 1.